The molecule has 3 N–H and O–H groups in total. The predicted molar refractivity (Wildman–Crippen MR) is 57.9 cm³/mol. The van der Waals surface area contributed by atoms with E-state index in [1.807, 2.05) is 0 Å². The summed E-state index contributed by atoms with van der Waals surface area (Å²) >= 11 is 0. The lowest BCUT2D eigenvalue weighted by Gasteiger charge is -2.38. The van der Waals surface area contributed by atoms with Crippen molar-refractivity contribution in [2.75, 3.05) is 19.6 Å². The average molecular weight is 194 g/mol. The molecule has 0 aromatic heterocycles. The molecule has 0 spiro atoms. The number of nitrogens with one attached hydrogen (secondary N) is 1. The summed E-state index contributed by atoms with van der Waals surface area (Å²) in [5.74, 6) is 3.30. The molecule has 4 saturated carbocycles. The summed E-state index contributed by atoms with van der Waals surface area (Å²) in [6, 6.07) is 0. The van der Waals surface area contributed by atoms with Crippen molar-refractivity contribution in [2.45, 2.75) is 32.1 Å². The summed E-state index contributed by atoms with van der Waals surface area (Å²) in [6.45, 7) is 3.03. The van der Waals surface area contributed by atoms with Crippen molar-refractivity contribution in [1.82, 2.24) is 5.32 Å². The Morgan fingerprint density at radius 3 is 2.43 bits per heavy atom. The average Bonchev–Trinajstić information content (AvgIpc) is 2.54. The van der Waals surface area contributed by atoms with Gasteiger partial charge in [-0.15, -0.1) is 0 Å². The van der Waals surface area contributed by atoms with Gasteiger partial charge >= 0.3 is 0 Å². The maximum absolute atomic E-state index is 5.51. The third-order valence-electron chi connectivity index (χ3n) is 4.87. The lowest BCUT2D eigenvalue weighted by atomic mass is 9.69. The Morgan fingerprint density at radius 1 is 1.14 bits per heavy atom. The first-order valence-electron chi connectivity index (χ1n) is 6.22. The van der Waals surface area contributed by atoms with Gasteiger partial charge in [0.05, 0.1) is 0 Å². The standard InChI is InChI=1S/C12H22N2/c13-1-2-14-8-12-5-9-3-10(6-12)11(4-9)7-12/h9-11,14H,1-8,13H2. The monoisotopic (exact) mass is 194 g/mol. The Labute approximate surface area is 86.6 Å². The first kappa shape index (κ1) is 9.17. The number of hydrogen-bond donors (Lipinski definition) is 2. The second kappa shape index (κ2) is 3.21. The molecule has 0 radical (unpaired) electrons. The van der Waals surface area contributed by atoms with Crippen LogP contribution < -0.4 is 11.1 Å². The second-order valence-electron chi connectivity index (χ2n) is 5.94. The highest BCUT2D eigenvalue weighted by Gasteiger charge is 2.55. The molecule has 2 unspecified atom stereocenters. The molecule has 2 heteroatoms. The van der Waals surface area contributed by atoms with Crippen LogP contribution in [-0.4, -0.2) is 19.6 Å². The summed E-state index contributed by atoms with van der Waals surface area (Å²) in [5.41, 5.74) is 6.21. The van der Waals surface area contributed by atoms with Crippen LogP contribution in [-0.2, 0) is 0 Å². The maximum Gasteiger partial charge on any atom is 0.00747 e. The molecule has 0 aromatic carbocycles. The van der Waals surface area contributed by atoms with Crippen LogP contribution in [0.1, 0.15) is 32.1 Å². The quantitative estimate of drug-likeness (QED) is 0.663. The predicted octanol–water partition coefficient (Wildman–Crippen LogP) is 1.36. The molecule has 4 bridgehead atoms. The van der Waals surface area contributed by atoms with Gasteiger partial charge in [-0.2, -0.15) is 0 Å². The molecule has 0 amide bonds. The van der Waals surface area contributed by atoms with Crippen LogP contribution in [0.25, 0.3) is 0 Å². The van der Waals surface area contributed by atoms with Gasteiger partial charge < -0.3 is 11.1 Å². The van der Waals surface area contributed by atoms with Crippen molar-refractivity contribution >= 4 is 0 Å². The molecule has 4 aliphatic carbocycles. The van der Waals surface area contributed by atoms with Crippen molar-refractivity contribution in [2.24, 2.45) is 28.9 Å². The van der Waals surface area contributed by atoms with E-state index in [2.05, 4.69) is 5.32 Å². The van der Waals surface area contributed by atoms with Gasteiger partial charge in [0.15, 0.2) is 0 Å². The molecule has 0 aliphatic heterocycles. The molecular weight excluding hydrogens is 172 g/mol. The maximum atomic E-state index is 5.51. The van der Waals surface area contributed by atoms with Crippen LogP contribution in [0.5, 0.6) is 0 Å². The van der Waals surface area contributed by atoms with E-state index in [1.165, 1.54) is 25.8 Å². The van der Waals surface area contributed by atoms with Gasteiger partial charge in [-0.3, -0.25) is 0 Å². The van der Waals surface area contributed by atoms with Crippen LogP contribution in [0, 0.1) is 23.2 Å². The van der Waals surface area contributed by atoms with Crippen LogP contribution >= 0.6 is 0 Å². The Hall–Kier alpha value is -0.0800. The lowest BCUT2D eigenvalue weighted by molar-refractivity contribution is 0.142. The zero-order valence-corrected chi connectivity index (χ0v) is 8.97. The van der Waals surface area contributed by atoms with Crippen molar-refractivity contribution in [3.8, 4) is 0 Å². The molecule has 4 fully saturated rings. The zero-order chi connectivity index (χ0) is 9.60. The van der Waals surface area contributed by atoms with Crippen molar-refractivity contribution in [3.63, 3.8) is 0 Å². The topological polar surface area (TPSA) is 38.0 Å². The van der Waals surface area contributed by atoms with Gasteiger partial charge in [-0.05, 0) is 55.3 Å². The zero-order valence-electron chi connectivity index (χ0n) is 8.97. The first-order valence-corrected chi connectivity index (χ1v) is 6.22. The summed E-state index contributed by atoms with van der Waals surface area (Å²) in [7, 11) is 0. The molecule has 2 nitrogen and oxygen atoms in total. The van der Waals surface area contributed by atoms with Gasteiger partial charge in [-0.25, -0.2) is 0 Å². The smallest absolute Gasteiger partial charge is 0.00747 e. The molecular formula is C12H22N2. The van der Waals surface area contributed by atoms with E-state index < -0.39 is 0 Å². The fraction of sp³-hybridized carbons (Fsp3) is 1.00. The van der Waals surface area contributed by atoms with E-state index in [-0.39, 0.29) is 0 Å². The number of rotatable bonds is 4. The van der Waals surface area contributed by atoms with Gasteiger partial charge in [0.1, 0.15) is 0 Å². The molecule has 4 aliphatic rings. The van der Waals surface area contributed by atoms with Crippen LogP contribution in [0.2, 0.25) is 0 Å². The minimum atomic E-state index is 0.700. The highest BCUT2D eigenvalue weighted by molar-refractivity contribution is 5.06. The molecule has 0 heterocycles. The first-order chi connectivity index (χ1) is 6.81. The third kappa shape index (κ3) is 1.31. The minimum Gasteiger partial charge on any atom is -0.329 e. The largest absolute Gasteiger partial charge is 0.329 e. The van der Waals surface area contributed by atoms with E-state index in [0.29, 0.717) is 5.41 Å². The fourth-order valence-electron chi connectivity index (χ4n) is 4.65. The van der Waals surface area contributed by atoms with E-state index in [1.54, 1.807) is 12.8 Å². The summed E-state index contributed by atoms with van der Waals surface area (Å²) < 4.78 is 0. The van der Waals surface area contributed by atoms with E-state index in [9.17, 15) is 0 Å². The summed E-state index contributed by atoms with van der Waals surface area (Å²) in [6.07, 6.45) is 7.67. The van der Waals surface area contributed by atoms with E-state index in [4.69, 9.17) is 5.73 Å². The Morgan fingerprint density at radius 2 is 1.86 bits per heavy atom. The van der Waals surface area contributed by atoms with Gasteiger partial charge in [0.2, 0.25) is 0 Å². The van der Waals surface area contributed by atoms with Gasteiger partial charge in [-0.1, -0.05) is 0 Å². The van der Waals surface area contributed by atoms with Crippen LogP contribution in [0.3, 0.4) is 0 Å². The normalized spacial score (nSPS) is 49.1. The van der Waals surface area contributed by atoms with Gasteiger partial charge in [0, 0.05) is 19.6 Å². The molecule has 4 rings (SSSR count). The van der Waals surface area contributed by atoms with Crippen LogP contribution in [0.15, 0.2) is 0 Å². The van der Waals surface area contributed by atoms with E-state index >= 15 is 0 Å². The molecule has 0 saturated heterocycles. The second-order valence-corrected chi connectivity index (χ2v) is 5.94. The van der Waals surface area contributed by atoms with Crippen molar-refractivity contribution in [1.29, 1.82) is 0 Å². The Balaban J connectivity index is 1.63. The number of nitrogens with two attached hydrogens (primary N) is 1. The molecule has 14 heavy (non-hydrogen) atoms. The molecule has 0 aromatic rings. The van der Waals surface area contributed by atoms with Gasteiger partial charge in [0.25, 0.3) is 0 Å². The van der Waals surface area contributed by atoms with E-state index in [0.717, 1.165) is 30.8 Å². The Bertz CT molecular complexity index is 207. The third-order valence-corrected chi connectivity index (χ3v) is 4.87. The summed E-state index contributed by atoms with van der Waals surface area (Å²) in [4.78, 5) is 0. The van der Waals surface area contributed by atoms with Crippen LogP contribution in [0.4, 0.5) is 0 Å². The number of hydrogen-bond acceptors (Lipinski definition) is 2. The highest BCUT2D eigenvalue weighted by atomic mass is 14.9. The molecule has 80 valence electrons. The highest BCUT2D eigenvalue weighted by Crippen LogP contribution is 2.63. The molecule has 2 atom stereocenters. The lowest BCUT2D eigenvalue weighted by Crippen LogP contribution is -2.39. The fourth-order valence-corrected chi connectivity index (χ4v) is 4.65. The summed E-state index contributed by atoms with van der Waals surface area (Å²) in [5, 5.41) is 3.54. The van der Waals surface area contributed by atoms with Crippen molar-refractivity contribution < 1.29 is 0 Å². The SMILES string of the molecule is NCCNCC12CC3CC(C1)C(C3)C2. The Kier molecular flexibility index (Phi) is 2.10. The minimum absolute atomic E-state index is 0.700. The van der Waals surface area contributed by atoms with Crippen molar-refractivity contribution in [3.05, 3.63) is 0 Å².